The van der Waals surface area contributed by atoms with Gasteiger partial charge in [-0.1, -0.05) is 6.92 Å². The summed E-state index contributed by atoms with van der Waals surface area (Å²) in [5.74, 6) is 0.851. The second kappa shape index (κ2) is 5.61. The minimum atomic E-state index is 0.555. The van der Waals surface area contributed by atoms with Crippen molar-refractivity contribution in [3.63, 3.8) is 0 Å². The van der Waals surface area contributed by atoms with E-state index in [1.807, 2.05) is 18.7 Å². The van der Waals surface area contributed by atoms with E-state index in [-0.39, 0.29) is 0 Å². The summed E-state index contributed by atoms with van der Waals surface area (Å²) in [7, 11) is 0. The smallest absolute Gasteiger partial charge is 0.0946 e. The molecule has 1 aliphatic carbocycles. The van der Waals surface area contributed by atoms with Gasteiger partial charge in [0.2, 0.25) is 0 Å². The predicted molar refractivity (Wildman–Crippen MR) is 75.8 cm³/mol. The minimum Gasteiger partial charge on any atom is -0.352 e. The standard InChI is InChI=1S/C15H22N4/c1-2-17-15(13-3-4-13)14-5-7-18(11-14)9-10-19-8-6-16-12-19/h5-8,11-13,15,17H,2-4,9-10H2,1H3. The summed E-state index contributed by atoms with van der Waals surface area (Å²) in [5, 5.41) is 3.62. The topological polar surface area (TPSA) is 34.8 Å². The molecule has 1 atom stereocenters. The van der Waals surface area contributed by atoms with Gasteiger partial charge in [0.25, 0.3) is 0 Å². The Bertz CT molecular complexity index is 496. The fourth-order valence-corrected chi connectivity index (χ4v) is 2.64. The van der Waals surface area contributed by atoms with Crippen molar-refractivity contribution in [2.75, 3.05) is 6.54 Å². The van der Waals surface area contributed by atoms with Crippen molar-refractivity contribution in [1.82, 2.24) is 19.4 Å². The van der Waals surface area contributed by atoms with E-state index in [0.717, 1.165) is 25.6 Å². The third-order valence-electron chi connectivity index (χ3n) is 3.83. The maximum Gasteiger partial charge on any atom is 0.0946 e. The van der Waals surface area contributed by atoms with Gasteiger partial charge in [0.05, 0.1) is 6.33 Å². The highest BCUT2D eigenvalue weighted by Gasteiger charge is 2.31. The van der Waals surface area contributed by atoms with E-state index < -0.39 is 0 Å². The van der Waals surface area contributed by atoms with Crippen LogP contribution in [0.1, 0.15) is 31.4 Å². The van der Waals surface area contributed by atoms with Crippen LogP contribution in [0.5, 0.6) is 0 Å². The average molecular weight is 258 g/mol. The maximum absolute atomic E-state index is 4.07. The van der Waals surface area contributed by atoms with Crippen LogP contribution in [0, 0.1) is 5.92 Å². The molecule has 2 aromatic rings. The third kappa shape index (κ3) is 3.07. The SMILES string of the molecule is CCNC(c1ccn(CCn2ccnc2)c1)C1CC1. The Kier molecular flexibility index (Phi) is 3.69. The van der Waals surface area contributed by atoms with Crippen LogP contribution in [-0.4, -0.2) is 20.7 Å². The number of rotatable bonds is 7. The number of imidazole rings is 1. The summed E-state index contributed by atoms with van der Waals surface area (Å²) >= 11 is 0. The van der Waals surface area contributed by atoms with Crippen LogP contribution in [0.15, 0.2) is 37.2 Å². The summed E-state index contributed by atoms with van der Waals surface area (Å²) in [6.45, 7) is 5.20. The highest BCUT2D eigenvalue weighted by molar-refractivity contribution is 5.18. The van der Waals surface area contributed by atoms with Crippen LogP contribution in [0.25, 0.3) is 0 Å². The molecule has 19 heavy (non-hydrogen) atoms. The Morgan fingerprint density at radius 1 is 1.32 bits per heavy atom. The molecule has 0 saturated heterocycles. The molecule has 0 spiro atoms. The van der Waals surface area contributed by atoms with Gasteiger partial charge in [0, 0.05) is 43.9 Å². The van der Waals surface area contributed by atoms with E-state index in [0.29, 0.717) is 6.04 Å². The first-order valence-electron chi connectivity index (χ1n) is 7.21. The van der Waals surface area contributed by atoms with Gasteiger partial charge in [-0.3, -0.25) is 0 Å². The number of hydrogen-bond donors (Lipinski definition) is 1. The zero-order chi connectivity index (χ0) is 13.1. The Balaban J connectivity index is 1.61. The van der Waals surface area contributed by atoms with Crippen molar-refractivity contribution in [2.24, 2.45) is 5.92 Å². The van der Waals surface area contributed by atoms with Gasteiger partial charge < -0.3 is 14.5 Å². The number of hydrogen-bond acceptors (Lipinski definition) is 2. The Labute approximate surface area is 114 Å². The van der Waals surface area contributed by atoms with Crippen molar-refractivity contribution in [1.29, 1.82) is 0 Å². The number of aryl methyl sites for hydroxylation is 2. The first kappa shape index (κ1) is 12.5. The molecule has 1 saturated carbocycles. The largest absolute Gasteiger partial charge is 0.352 e. The molecule has 1 N–H and O–H groups in total. The van der Waals surface area contributed by atoms with E-state index in [2.05, 4.69) is 44.8 Å². The van der Waals surface area contributed by atoms with Gasteiger partial charge in [-0.25, -0.2) is 4.98 Å². The number of aromatic nitrogens is 3. The molecular weight excluding hydrogens is 236 g/mol. The maximum atomic E-state index is 4.07. The lowest BCUT2D eigenvalue weighted by Gasteiger charge is -2.15. The molecule has 0 bridgehead atoms. The first-order chi connectivity index (χ1) is 9.36. The molecule has 1 fully saturated rings. The van der Waals surface area contributed by atoms with Gasteiger partial charge >= 0.3 is 0 Å². The third-order valence-corrected chi connectivity index (χ3v) is 3.83. The van der Waals surface area contributed by atoms with Gasteiger partial charge in [0.1, 0.15) is 0 Å². The molecule has 0 amide bonds. The van der Waals surface area contributed by atoms with Crippen LogP contribution < -0.4 is 5.32 Å². The van der Waals surface area contributed by atoms with Crippen LogP contribution >= 0.6 is 0 Å². The molecule has 1 aliphatic rings. The molecule has 0 radical (unpaired) electrons. The molecule has 1 unspecified atom stereocenters. The quantitative estimate of drug-likeness (QED) is 0.828. The Morgan fingerprint density at radius 3 is 2.84 bits per heavy atom. The summed E-state index contributed by atoms with van der Waals surface area (Å²) in [6.07, 6.45) is 12.9. The lowest BCUT2D eigenvalue weighted by atomic mass is 10.1. The fraction of sp³-hybridized carbons (Fsp3) is 0.533. The van der Waals surface area contributed by atoms with Crippen molar-refractivity contribution >= 4 is 0 Å². The van der Waals surface area contributed by atoms with E-state index in [4.69, 9.17) is 0 Å². The van der Waals surface area contributed by atoms with E-state index in [9.17, 15) is 0 Å². The molecular formula is C15H22N4. The van der Waals surface area contributed by atoms with E-state index in [1.165, 1.54) is 18.4 Å². The van der Waals surface area contributed by atoms with Crippen LogP contribution in [-0.2, 0) is 13.1 Å². The van der Waals surface area contributed by atoms with Crippen LogP contribution in [0.2, 0.25) is 0 Å². The Morgan fingerprint density at radius 2 is 2.16 bits per heavy atom. The predicted octanol–water partition coefficient (Wildman–Crippen LogP) is 2.45. The fourth-order valence-electron chi connectivity index (χ4n) is 2.64. The normalized spacial score (nSPS) is 16.7. The minimum absolute atomic E-state index is 0.555. The highest BCUT2D eigenvalue weighted by atomic mass is 15.1. The molecule has 0 aliphatic heterocycles. The van der Waals surface area contributed by atoms with Gasteiger partial charge in [-0.15, -0.1) is 0 Å². The molecule has 0 aromatic carbocycles. The zero-order valence-corrected chi connectivity index (χ0v) is 11.5. The van der Waals surface area contributed by atoms with Gasteiger partial charge in [-0.2, -0.15) is 0 Å². The van der Waals surface area contributed by atoms with Crippen LogP contribution in [0.4, 0.5) is 0 Å². The molecule has 3 rings (SSSR count). The van der Waals surface area contributed by atoms with Crippen LogP contribution in [0.3, 0.4) is 0 Å². The average Bonchev–Trinajstić information content (AvgIpc) is 2.92. The zero-order valence-electron chi connectivity index (χ0n) is 11.5. The number of nitrogens with one attached hydrogen (secondary N) is 1. The van der Waals surface area contributed by atoms with Crippen molar-refractivity contribution < 1.29 is 0 Å². The second-order valence-electron chi connectivity index (χ2n) is 5.36. The second-order valence-corrected chi connectivity index (χ2v) is 5.36. The van der Waals surface area contributed by atoms with Gasteiger partial charge in [-0.05, 0) is 36.9 Å². The molecule has 2 heterocycles. The lowest BCUT2D eigenvalue weighted by Crippen LogP contribution is -2.22. The molecule has 4 heteroatoms. The van der Waals surface area contributed by atoms with Crippen molar-refractivity contribution in [3.05, 3.63) is 42.7 Å². The number of nitrogens with zero attached hydrogens (tertiary/aromatic N) is 3. The van der Waals surface area contributed by atoms with E-state index in [1.54, 1.807) is 0 Å². The summed E-state index contributed by atoms with van der Waals surface area (Å²) in [5.41, 5.74) is 1.44. The first-order valence-corrected chi connectivity index (χ1v) is 7.21. The van der Waals surface area contributed by atoms with Crippen molar-refractivity contribution in [2.45, 2.75) is 38.9 Å². The summed E-state index contributed by atoms with van der Waals surface area (Å²) < 4.78 is 4.39. The molecule has 102 valence electrons. The Hall–Kier alpha value is -1.55. The van der Waals surface area contributed by atoms with Gasteiger partial charge in [0.15, 0.2) is 0 Å². The van der Waals surface area contributed by atoms with Crippen molar-refractivity contribution in [3.8, 4) is 0 Å². The summed E-state index contributed by atoms with van der Waals surface area (Å²) in [4.78, 5) is 4.07. The highest BCUT2D eigenvalue weighted by Crippen LogP contribution is 2.40. The van der Waals surface area contributed by atoms with E-state index >= 15 is 0 Å². The summed E-state index contributed by atoms with van der Waals surface area (Å²) in [6, 6.07) is 2.82. The molecule has 4 nitrogen and oxygen atoms in total. The monoisotopic (exact) mass is 258 g/mol. The molecule has 2 aromatic heterocycles. The lowest BCUT2D eigenvalue weighted by molar-refractivity contribution is 0.494.